The first kappa shape index (κ1) is 14.6. The lowest BCUT2D eigenvalue weighted by atomic mass is 10.2. The Kier molecular flexibility index (Phi) is 5.21. The van der Waals surface area contributed by atoms with Crippen molar-refractivity contribution < 1.29 is 9.47 Å². The molecule has 0 aliphatic carbocycles. The van der Waals surface area contributed by atoms with E-state index >= 15 is 0 Å². The summed E-state index contributed by atoms with van der Waals surface area (Å²) in [5.74, 6) is 1.32. The van der Waals surface area contributed by atoms with Crippen LogP contribution in [0.15, 0.2) is 36.5 Å². The van der Waals surface area contributed by atoms with Gasteiger partial charge in [-0.1, -0.05) is 17.7 Å². The molecular formula is C15H17ClN2O2. The summed E-state index contributed by atoms with van der Waals surface area (Å²) in [6.45, 7) is 1.03. The third kappa shape index (κ3) is 3.62. The van der Waals surface area contributed by atoms with Crippen LogP contribution < -0.4 is 14.8 Å². The Balaban J connectivity index is 2.24. The molecule has 0 radical (unpaired) electrons. The van der Waals surface area contributed by atoms with Crippen LogP contribution in [0.2, 0.25) is 5.02 Å². The summed E-state index contributed by atoms with van der Waals surface area (Å²) < 4.78 is 11.2. The number of nitrogens with one attached hydrogen (secondary N) is 1. The van der Waals surface area contributed by atoms with E-state index in [1.807, 2.05) is 31.3 Å². The molecule has 0 atom stereocenters. The number of rotatable bonds is 6. The molecule has 0 bridgehead atoms. The molecule has 0 amide bonds. The predicted octanol–water partition coefficient (Wildman–Crippen LogP) is 3.04. The van der Waals surface area contributed by atoms with Crippen LogP contribution in [0.25, 0.3) is 0 Å². The molecule has 0 aliphatic heterocycles. The average Bonchev–Trinajstić information content (AvgIpc) is 2.47. The number of aromatic nitrogens is 1. The minimum Gasteiger partial charge on any atom is -0.493 e. The number of nitrogens with zero attached hydrogens (tertiary/aromatic N) is 1. The van der Waals surface area contributed by atoms with E-state index in [9.17, 15) is 0 Å². The van der Waals surface area contributed by atoms with Crippen molar-refractivity contribution in [3.05, 3.63) is 52.8 Å². The topological polar surface area (TPSA) is 43.4 Å². The van der Waals surface area contributed by atoms with Crippen molar-refractivity contribution in [2.24, 2.45) is 0 Å². The van der Waals surface area contributed by atoms with Crippen molar-refractivity contribution in [3.63, 3.8) is 0 Å². The zero-order chi connectivity index (χ0) is 14.4. The van der Waals surface area contributed by atoms with Crippen LogP contribution in [0.1, 0.15) is 11.3 Å². The third-order valence-electron chi connectivity index (χ3n) is 2.77. The van der Waals surface area contributed by atoms with Gasteiger partial charge in [0.1, 0.15) is 6.61 Å². The maximum atomic E-state index is 6.08. The predicted molar refractivity (Wildman–Crippen MR) is 79.3 cm³/mol. The Hall–Kier alpha value is -1.78. The zero-order valence-corrected chi connectivity index (χ0v) is 12.3. The number of hydrogen-bond acceptors (Lipinski definition) is 4. The molecular weight excluding hydrogens is 276 g/mol. The van der Waals surface area contributed by atoms with Gasteiger partial charge in [-0.2, -0.15) is 0 Å². The summed E-state index contributed by atoms with van der Waals surface area (Å²) in [5, 5.41) is 3.71. The molecule has 2 rings (SSSR count). The lowest BCUT2D eigenvalue weighted by Gasteiger charge is -2.15. The van der Waals surface area contributed by atoms with E-state index in [1.165, 1.54) is 0 Å². The summed E-state index contributed by atoms with van der Waals surface area (Å²) in [6.07, 6.45) is 1.74. The Labute approximate surface area is 123 Å². The second kappa shape index (κ2) is 7.12. The summed E-state index contributed by atoms with van der Waals surface area (Å²) in [4.78, 5) is 4.24. The number of benzene rings is 1. The first-order chi connectivity index (χ1) is 9.74. The summed E-state index contributed by atoms with van der Waals surface area (Å²) in [5.41, 5.74) is 1.81. The maximum Gasteiger partial charge on any atom is 0.166 e. The molecule has 0 fully saturated rings. The van der Waals surface area contributed by atoms with Gasteiger partial charge in [-0.25, -0.2) is 0 Å². The molecule has 0 spiro atoms. The highest BCUT2D eigenvalue weighted by Gasteiger charge is 2.12. The quantitative estimate of drug-likeness (QED) is 0.889. The van der Waals surface area contributed by atoms with E-state index < -0.39 is 0 Å². The van der Waals surface area contributed by atoms with Crippen LogP contribution in [0.5, 0.6) is 11.5 Å². The first-order valence-electron chi connectivity index (χ1n) is 6.28. The largest absolute Gasteiger partial charge is 0.493 e. The SMILES string of the molecule is CNCc1cc(Cl)cc(OC)c1OCc1ccccn1. The summed E-state index contributed by atoms with van der Waals surface area (Å²) >= 11 is 6.08. The van der Waals surface area contributed by atoms with Gasteiger partial charge in [0, 0.05) is 29.4 Å². The van der Waals surface area contributed by atoms with E-state index in [1.54, 1.807) is 19.4 Å². The molecule has 1 aromatic carbocycles. The van der Waals surface area contributed by atoms with Crippen molar-refractivity contribution in [1.29, 1.82) is 0 Å². The van der Waals surface area contributed by atoms with Gasteiger partial charge in [-0.3, -0.25) is 4.98 Å². The Morgan fingerprint density at radius 3 is 2.80 bits per heavy atom. The Morgan fingerprint density at radius 2 is 2.15 bits per heavy atom. The van der Waals surface area contributed by atoms with Crippen molar-refractivity contribution in [1.82, 2.24) is 10.3 Å². The van der Waals surface area contributed by atoms with Crippen LogP contribution in [0.4, 0.5) is 0 Å². The second-order valence-electron chi connectivity index (χ2n) is 4.24. The van der Waals surface area contributed by atoms with Gasteiger partial charge in [-0.05, 0) is 25.2 Å². The first-order valence-corrected chi connectivity index (χ1v) is 6.66. The van der Waals surface area contributed by atoms with Crippen molar-refractivity contribution in [2.75, 3.05) is 14.2 Å². The van der Waals surface area contributed by atoms with Gasteiger partial charge in [0.15, 0.2) is 11.5 Å². The Morgan fingerprint density at radius 1 is 1.30 bits per heavy atom. The highest BCUT2D eigenvalue weighted by Crippen LogP contribution is 2.35. The van der Waals surface area contributed by atoms with Crippen LogP contribution >= 0.6 is 11.6 Å². The van der Waals surface area contributed by atoms with Crippen LogP contribution in [-0.2, 0) is 13.2 Å². The van der Waals surface area contributed by atoms with Crippen LogP contribution in [0, 0.1) is 0 Å². The number of ether oxygens (including phenoxy) is 2. The van der Waals surface area contributed by atoms with Crippen LogP contribution in [-0.4, -0.2) is 19.1 Å². The van der Waals surface area contributed by atoms with E-state index in [4.69, 9.17) is 21.1 Å². The smallest absolute Gasteiger partial charge is 0.166 e. The molecule has 20 heavy (non-hydrogen) atoms. The lowest BCUT2D eigenvalue weighted by Crippen LogP contribution is -2.09. The lowest BCUT2D eigenvalue weighted by molar-refractivity contribution is 0.277. The number of methoxy groups -OCH3 is 1. The molecule has 0 aliphatic rings. The standard InChI is InChI=1S/C15H17ClN2O2/c1-17-9-11-7-12(16)8-14(19-2)15(11)20-10-13-5-3-4-6-18-13/h3-8,17H,9-10H2,1-2H3. The fourth-order valence-electron chi connectivity index (χ4n) is 1.89. The van der Waals surface area contributed by atoms with E-state index in [0.29, 0.717) is 29.7 Å². The highest BCUT2D eigenvalue weighted by atomic mass is 35.5. The van der Waals surface area contributed by atoms with Gasteiger partial charge < -0.3 is 14.8 Å². The molecule has 5 heteroatoms. The number of pyridine rings is 1. The summed E-state index contributed by atoms with van der Waals surface area (Å²) in [6, 6.07) is 9.33. The fourth-order valence-corrected chi connectivity index (χ4v) is 2.12. The maximum absolute atomic E-state index is 6.08. The van der Waals surface area contributed by atoms with E-state index in [0.717, 1.165) is 11.3 Å². The van der Waals surface area contributed by atoms with Crippen molar-refractivity contribution in [2.45, 2.75) is 13.2 Å². The van der Waals surface area contributed by atoms with Gasteiger partial charge in [0.2, 0.25) is 0 Å². The molecule has 0 saturated carbocycles. The van der Waals surface area contributed by atoms with Crippen LogP contribution in [0.3, 0.4) is 0 Å². The minimum absolute atomic E-state index is 0.384. The molecule has 1 heterocycles. The summed E-state index contributed by atoms with van der Waals surface area (Å²) in [7, 11) is 3.47. The molecule has 4 nitrogen and oxygen atoms in total. The molecule has 106 valence electrons. The molecule has 0 saturated heterocycles. The van der Waals surface area contributed by atoms with E-state index in [2.05, 4.69) is 10.3 Å². The van der Waals surface area contributed by atoms with Crippen molar-refractivity contribution in [3.8, 4) is 11.5 Å². The second-order valence-corrected chi connectivity index (χ2v) is 4.67. The fraction of sp³-hybridized carbons (Fsp3) is 0.267. The van der Waals surface area contributed by atoms with E-state index in [-0.39, 0.29) is 0 Å². The molecule has 2 aromatic rings. The van der Waals surface area contributed by atoms with Gasteiger partial charge in [-0.15, -0.1) is 0 Å². The highest BCUT2D eigenvalue weighted by molar-refractivity contribution is 6.30. The monoisotopic (exact) mass is 292 g/mol. The third-order valence-corrected chi connectivity index (χ3v) is 2.99. The average molecular weight is 293 g/mol. The number of halogens is 1. The Bertz CT molecular complexity index is 561. The molecule has 1 N–H and O–H groups in total. The van der Waals surface area contributed by atoms with Gasteiger partial charge >= 0.3 is 0 Å². The molecule has 1 aromatic heterocycles. The normalized spacial score (nSPS) is 10.3. The van der Waals surface area contributed by atoms with Gasteiger partial charge in [0.25, 0.3) is 0 Å². The number of hydrogen-bond donors (Lipinski definition) is 1. The zero-order valence-electron chi connectivity index (χ0n) is 11.5. The minimum atomic E-state index is 0.384. The molecule has 0 unspecified atom stereocenters. The van der Waals surface area contributed by atoms with Crippen molar-refractivity contribution >= 4 is 11.6 Å². The van der Waals surface area contributed by atoms with Gasteiger partial charge in [0.05, 0.1) is 12.8 Å².